The average molecular weight is 270 g/mol. The van der Waals surface area contributed by atoms with Crippen LogP contribution in [0.5, 0.6) is 0 Å². The zero-order valence-electron chi connectivity index (χ0n) is 9.40. The van der Waals surface area contributed by atoms with Crippen LogP contribution in [0, 0.1) is 6.92 Å². The summed E-state index contributed by atoms with van der Waals surface area (Å²) in [6.45, 7) is 2.31. The molecule has 17 heavy (non-hydrogen) atoms. The first kappa shape index (κ1) is 12.4. The quantitative estimate of drug-likeness (QED) is 0.931. The third-order valence-electron chi connectivity index (χ3n) is 2.63. The second-order valence-electron chi connectivity index (χ2n) is 3.85. The molecule has 0 fully saturated rings. The Morgan fingerprint density at radius 2 is 2.18 bits per heavy atom. The fourth-order valence-corrected chi connectivity index (χ4v) is 2.07. The van der Waals surface area contributed by atoms with Crippen molar-refractivity contribution >= 4 is 23.2 Å². The summed E-state index contributed by atoms with van der Waals surface area (Å²) in [6.07, 6.45) is 1.79. The van der Waals surface area contributed by atoms with Gasteiger partial charge in [-0.25, -0.2) is 0 Å². The summed E-state index contributed by atoms with van der Waals surface area (Å²) in [4.78, 5) is 0. The monoisotopic (exact) mass is 269 g/mol. The molecule has 1 atom stereocenters. The van der Waals surface area contributed by atoms with Crippen molar-refractivity contribution in [3.8, 4) is 0 Å². The van der Waals surface area contributed by atoms with Crippen molar-refractivity contribution in [1.29, 1.82) is 0 Å². The number of aromatic nitrogens is 2. The van der Waals surface area contributed by atoms with Crippen LogP contribution >= 0.6 is 23.2 Å². The second-order valence-corrected chi connectivity index (χ2v) is 4.69. The molecule has 2 N–H and O–H groups in total. The van der Waals surface area contributed by atoms with Crippen molar-refractivity contribution in [3.05, 3.63) is 51.8 Å². The standard InChI is InChI=1S/C12H13Cl2N3/c1-8-11(14)7-17(16-8)12(6-15)9-3-2-4-10(13)5-9/h2-5,7,12H,6,15H2,1H3. The Bertz CT molecular complexity index is 503. The molecule has 1 unspecified atom stereocenters. The van der Waals surface area contributed by atoms with Crippen LogP contribution < -0.4 is 5.73 Å². The third kappa shape index (κ3) is 2.63. The van der Waals surface area contributed by atoms with E-state index in [4.69, 9.17) is 28.9 Å². The summed E-state index contributed by atoms with van der Waals surface area (Å²) in [6, 6.07) is 7.57. The van der Waals surface area contributed by atoms with Gasteiger partial charge in [0.25, 0.3) is 0 Å². The Morgan fingerprint density at radius 1 is 1.41 bits per heavy atom. The normalized spacial score (nSPS) is 12.7. The summed E-state index contributed by atoms with van der Waals surface area (Å²) in [5, 5.41) is 5.68. The number of halogens is 2. The Morgan fingerprint density at radius 3 is 2.71 bits per heavy atom. The Labute approximate surface area is 110 Å². The maximum atomic E-state index is 6.00. The van der Waals surface area contributed by atoms with Gasteiger partial charge in [0, 0.05) is 17.8 Å². The van der Waals surface area contributed by atoms with E-state index in [0.29, 0.717) is 16.6 Å². The van der Waals surface area contributed by atoms with Crippen molar-refractivity contribution in [3.63, 3.8) is 0 Å². The van der Waals surface area contributed by atoms with Gasteiger partial charge in [-0.15, -0.1) is 0 Å². The lowest BCUT2D eigenvalue weighted by Crippen LogP contribution is -2.21. The van der Waals surface area contributed by atoms with Gasteiger partial charge in [-0.1, -0.05) is 35.3 Å². The van der Waals surface area contributed by atoms with E-state index < -0.39 is 0 Å². The SMILES string of the molecule is Cc1nn(C(CN)c2cccc(Cl)c2)cc1Cl. The fourth-order valence-electron chi connectivity index (χ4n) is 1.73. The van der Waals surface area contributed by atoms with Crippen molar-refractivity contribution in [2.75, 3.05) is 6.54 Å². The second kappa shape index (κ2) is 5.08. The topological polar surface area (TPSA) is 43.8 Å². The van der Waals surface area contributed by atoms with Crippen LogP contribution in [0.1, 0.15) is 17.3 Å². The van der Waals surface area contributed by atoms with E-state index in [0.717, 1.165) is 11.3 Å². The zero-order chi connectivity index (χ0) is 12.4. The lowest BCUT2D eigenvalue weighted by molar-refractivity contribution is 0.529. The van der Waals surface area contributed by atoms with Crippen LogP contribution in [-0.2, 0) is 0 Å². The molecule has 5 heteroatoms. The molecule has 0 aliphatic carbocycles. The molecule has 0 saturated carbocycles. The molecule has 90 valence electrons. The van der Waals surface area contributed by atoms with E-state index in [9.17, 15) is 0 Å². The van der Waals surface area contributed by atoms with Crippen LogP contribution in [-0.4, -0.2) is 16.3 Å². The number of benzene rings is 1. The smallest absolute Gasteiger partial charge is 0.0891 e. The molecule has 0 radical (unpaired) electrons. The lowest BCUT2D eigenvalue weighted by Gasteiger charge is -2.16. The minimum Gasteiger partial charge on any atom is -0.328 e. The molecule has 2 aromatic rings. The van der Waals surface area contributed by atoms with Crippen molar-refractivity contribution in [2.45, 2.75) is 13.0 Å². The number of hydrogen-bond donors (Lipinski definition) is 1. The molecule has 0 amide bonds. The third-order valence-corrected chi connectivity index (χ3v) is 3.24. The van der Waals surface area contributed by atoms with E-state index in [1.807, 2.05) is 31.2 Å². The molecule has 0 bridgehead atoms. The molecule has 0 saturated heterocycles. The van der Waals surface area contributed by atoms with Gasteiger partial charge < -0.3 is 5.73 Å². The summed E-state index contributed by atoms with van der Waals surface area (Å²) >= 11 is 12.0. The molecule has 0 aliphatic heterocycles. The van der Waals surface area contributed by atoms with Crippen LogP contribution in [0.3, 0.4) is 0 Å². The van der Waals surface area contributed by atoms with E-state index >= 15 is 0 Å². The fraction of sp³-hybridized carbons (Fsp3) is 0.250. The van der Waals surface area contributed by atoms with Gasteiger partial charge in [0.05, 0.1) is 16.8 Å². The Hall–Kier alpha value is -1.03. The maximum Gasteiger partial charge on any atom is 0.0891 e. The molecule has 0 spiro atoms. The number of hydrogen-bond acceptors (Lipinski definition) is 2. The number of aryl methyl sites for hydroxylation is 1. The predicted molar refractivity (Wildman–Crippen MR) is 70.6 cm³/mol. The van der Waals surface area contributed by atoms with Gasteiger partial charge in [-0.2, -0.15) is 5.10 Å². The first-order valence-electron chi connectivity index (χ1n) is 5.28. The van der Waals surface area contributed by atoms with Crippen molar-refractivity contribution in [2.24, 2.45) is 5.73 Å². The predicted octanol–water partition coefficient (Wildman–Crippen LogP) is 3.05. The van der Waals surface area contributed by atoms with Gasteiger partial charge >= 0.3 is 0 Å². The van der Waals surface area contributed by atoms with E-state index in [1.54, 1.807) is 10.9 Å². The lowest BCUT2D eigenvalue weighted by atomic mass is 10.1. The molecule has 1 aromatic carbocycles. The van der Waals surface area contributed by atoms with Crippen molar-refractivity contribution in [1.82, 2.24) is 9.78 Å². The Kier molecular flexibility index (Phi) is 3.72. The maximum absolute atomic E-state index is 6.00. The van der Waals surface area contributed by atoms with Gasteiger partial charge in [0.1, 0.15) is 0 Å². The van der Waals surface area contributed by atoms with Gasteiger partial charge in [-0.05, 0) is 24.6 Å². The minimum absolute atomic E-state index is 0.0418. The highest BCUT2D eigenvalue weighted by molar-refractivity contribution is 6.31. The highest BCUT2D eigenvalue weighted by Crippen LogP contribution is 2.23. The van der Waals surface area contributed by atoms with Crippen LogP contribution in [0.25, 0.3) is 0 Å². The highest BCUT2D eigenvalue weighted by Gasteiger charge is 2.14. The minimum atomic E-state index is -0.0418. The van der Waals surface area contributed by atoms with Gasteiger partial charge in [0.15, 0.2) is 0 Å². The molecule has 2 rings (SSSR count). The average Bonchev–Trinajstić information content (AvgIpc) is 2.60. The zero-order valence-corrected chi connectivity index (χ0v) is 10.9. The molecular formula is C12H13Cl2N3. The summed E-state index contributed by atoms with van der Waals surface area (Å²) in [7, 11) is 0. The summed E-state index contributed by atoms with van der Waals surface area (Å²) in [5.74, 6) is 0. The number of nitrogens with zero attached hydrogens (tertiary/aromatic N) is 2. The van der Waals surface area contributed by atoms with Crippen molar-refractivity contribution < 1.29 is 0 Å². The largest absolute Gasteiger partial charge is 0.328 e. The molecule has 0 aliphatic rings. The first-order chi connectivity index (χ1) is 8.11. The van der Waals surface area contributed by atoms with E-state index in [2.05, 4.69) is 5.10 Å². The number of nitrogens with two attached hydrogens (primary N) is 1. The molecule has 3 nitrogen and oxygen atoms in total. The van der Waals surface area contributed by atoms with Gasteiger partial charge in [0.2, 0.25) is 0 Å². The summed E-state index contributed by atoms with van der Waals surface area (Å²) < 4.78 is 1.78. The first-order valence-corrected chi connectivity index (χ1v) is 6.04. The van der Waals surface area contributed by atoms with E-state index in [1.165, 1.54) is 0 Å². The molecule has 1 aromatic heterocycles. The van der Waals surface area contributed by atoms with Crippen LogP contribution in [0.2, 0.25) is 10.0 Å². The van der Waals surface area contributed by atoms with Crippen LogP contribution in [0.4, 0.5) is 0 Å². The van der Waals surface area contributed by atoms with E-state index in [-0.39, 0.29) is 6.04 Å². The van der Waals surface area contributed by atoms with Crippen LogP contribution in [0.15, 0.2) is 30.5 Å². The Balaban J connectivity index is 2.39. The summed E-state index contributed by atoms with van der Waals surface area (Å²) in [5.41, 5.74) is 7.62. The molecular weight excluding hydrogens is 257 g/mol. The van der Waals surface area contributed by atoms with Gasteiger partial charge in [-0.3, -0.25) is 4.68 Å². The highest BCUT2D eigenvalue weighted by atomic mass is 35.5. The number of rotatable bonds is 3. The molecule has 1 heterocycles.